The van der Waals surface area contributed by atoms with Crippen molar-refractivity contribution in [2.45, 2.75) is 32.0 Å². The van der Waals surface area contributed by atoms with Gasteiger partial charge < -0.3 is 5.32 Å². The van der Waals surface area contributed by atoms with Gasteiger partial charge in [0.1, 0.15) is 5.69 Å². The number of Topliss-reactive ketones (excluding diaryl/α,β-unsaturated/α-hetero) is 1. The van der Waals surface area contributed by atoms with Crippen LogP contribution >= 0.6 is 0 Å². The Labute approximate surface area is 169 Å². The first-order chi connectivity index (χ1) is 14.2. The topological polar surface area (TPSA) is 76.9 Å². The molecule has 154 valence electrons. The summed E-state index contributed by atoms with van der Waals surface area (Å²) in [5, 5.41) is 6.93. The molecule has 1 aliphatic rings. The first kappa shape index (κ1) is 19.8. The number of carbonyl (C=O) groups excluding carboxylic acids is 2. The number of aryl methyl sites for hydroxylation is 1. The molecule has 9 heteroatoms. The number of nitrogens with zero attached hydrogens (tertiary/aromatic N) is 3. The number of amides is 1. The standard InChI is InChI=1S/C21H17F3N4O2/c1-12-2-9-17(14-10-25-28(11-14)16-7-8-16)27-18(12)20(30)26-15-5-3-13(4-6-15)19(29)21(22,23)24/h2-6,9-11,16H,7-8H2,1H3,(H,26,30). The number of anilines is 1. The lowest BCUT2D eigenvalue weighted by molar-refractivity contribution is -0.0885. The van der Waals surface area contributed by atoms with Crippen molar-refractivity contribution in [2.24, 2.45) is 0 Å². The summed E-state index contributed by atoms with van der Waals surface area (Å²) in [6, 6.07) is 8.54. The Hall–Kier alpha value is -3.49. The van der Waals surface area contributed by atoms with Gasteiger partial charge >= 0.3 is 6.18 Å². The van der Waals surface area contributed by atoms with Crippen LogP contribution < -0.4 is 5.32 Å². The number of carbonyl (C=O) groups is 2. The van der Waals surface area contributed by atoms with Gasteiger partial charge in [-0.2, -0.15) is 18.3 Å². The summed E-state index contributed by atoms with van der Waals surface area (Å²) in [5.41, 5.74) is 2.00. The van der Waals surface area contributed by atoms with E-state index >= 15 is 0 Å². The maximum atomic E-state index is 12.7. The summed E-state index contributed by atoms with van der Waals surface area (Å²) >= 11 is 0. The van der Waals surface area contributed by atoms with E-state index in [0.717, 1.165) is 30.5 Å². The van der Waals surface area contributed by atoms with E-state index in [1.54, 1.807) is 25.3 Å². The predicted molar refractivity (Wildman–Crippen MR) is 103 cm³/mol. The monoisotopic (exact) mass is 414 g/mol. The van der Waals surface area contributed by atoms with Crippen LogP contribution in [0.1, 0.15) is 45.3 Å². The summed E-state index contributed by atoms with van der Waals surface area (Å²) < 4.78 is 39.4. The molecule has 1 amide bonds. The number of halogens is 3. The molecule has 6 nitrogen and oxygen atoms in total. The van der Waals surface area contributed by atoms with Gasteiger partial charge in [0.15, 0.2) is 0 Å². The van der Waals surface area contributed by atoms with Crippen molar-refractivity contribution in [2.75, 3.05) is 5.32 Å². The van der Waals surface area contributed by atoms with E-state index in [1.807, 2.05) is 10.9 Å². The molecule has 30 heavy (non-hydrogen) atoms. The van der Waals surface area contributed by atoms with Gasteiger partial charge in [-0.05, 0) is 55.7 Å². The quantitative estimate of drug-likeness (QED) is 0.620. The SMILES string of the molecule is Cc1ccc(-c2cnn(C3CC3)c2)nc1C(=O)Nc1ccc(C(=O)C(F)(F)F)cc1. The van der Waals surface area contributed by atoms with E-state index in [9.17, 15) is 22.8 Å². The van der Waals surface area contributed by atoms with Gasteiger partial charge in [0.05, 0.1) is 17.9 Å². The van der Waals surface area contributed by atoms with E-state index in [4.69, 9.17) is 0 Å². The lowest BCUT2D eigenvalue weighted by Gasteiger charge is -2.10. The van der Waals surface area contributed by atoms with E-state index in [-0.39, 0.29) is 11.4 Å². The third-order valence-corrected chi connectivity index (χ3v) is 4.79. The number of pyridine rings is 1. The maximum absolute atomic E-state index is 12.7. The number of aromatic nitrogens is 3. The molecule has 0 atom stereocenters. The number of nitrogens with one attached hydrogen (secondary N) is 1. The molecule has 1 saturated carbocycles. The average molecular weight is 414 g/mol. The Morgan fingerprint density at radius 2 is 1.80 bits per heavy atom. The molecule has 2 heterocycles. The highest BCUT2D eigenvalue weighted by Gasteiger charge is 2.39. The molecule has 3 aromatic rings. The molecule has 0 spiro atoms. The zero-order valence-corrected chi connectivity index (χ0v) is 15.9. The molecule has 1 N–H and O–H groups in total. The summed E-state index contributed by atoms with van der Waals surface area (Å²) in [4.78, 5) is 28.4. The second-order valence-corrected chi connectivity index (χ2v) is 7.16. The maximum Gasteiger partial charge on any atom is 0.454 e. The Balaban J connectivity index is 1.52. The predicted octanol–water partition coefficient (Wildman–Crippen LogP) is 4.59. The fraction of sp³-hybridized carbons (Fsp3) is 0.238. The number of alkyl halides is 3. The van der Waals surface area contributed by atoms with Crippen LogP contribution in [0.5, 0.6) is 0 Å². The number of hydrogen-bond acceptors (Lipinski definition) is 4. The number of benzene rings is 1. The molecule has 4 rings (SSSR count). The van der Waals surface area contributed by atoms with E-state index in [2.05, 4.69) is 15.4 Å². The average Bonchev–Trinajstić information content (AvgIpc) is 3.44. The molecular weight excluding hydrogens is 397 g/mol. The molecular formula is C21H17F3N4O2. The highest BCUT2D eigenvalue weighted by Crippen LogP contribution is 2.35. The zero-order chi connectivity index (χ0) is 21.5. The molecule has 0 saturated heterocycles. The fourth-order valence-corrected chi connectivity index (χ4v) is 2.99. The minimum atomic E-state index is -4.94. The van der Waals surface area contributed by atoms with Crippen LogP contribution in [0, 0.1) is 6.92 Å². The summed E-state index contributed by atoms with van der Waals surface area (Å²) in [7, 11) is 0. The van der Waals surface area contributed by atoms with Crippen molar-refractivity contribution in [3.63, 3.8) is 0 Å². The molecule has 0 aliphatic heterocycles. The molecule has 0 unspecified atom stereocenters. The zero-order valence-electron chi connectivity index (χ0n) is 15.9. The second kappa shape index (κ2) is 7.40. The van der Waals surface area contributed by atoms with Crippen LogP contribution in [0.3, 0.4) is 0 Å². The normalized spacial score (nSPS) is 13.9. The van der Waals surface area contributed by atoms with Gasteiger partial charge in [0, 0.05) is 23.0 Å². The van der Waals surface area contributed by atoms with Crippen molar-refractivity contribution in [3.8, 4) is 11.3 Å². The second-order valence-electron chi connectivity index (χ2n) is 7.16. The van der Waals surface area contributed by atoms with Crippen LogP contribution in [-0.4, -0.2) is 32.6 Å². The molecule has 1 aliphatic carbocycles. The minimum absolute atomic E-state index is 0.196. The van der Waals surface area contributed by atoms with Gasteiger partial charge in [-0.15, -0.1) is 0 Å². The Morgan fingerprint density at radius 3 is 2.43 bits per heavy atom. The number of ketones is 1. The van der Waals surface area contributed by atoms with E-state index in [1.165, 1.54) is 12.1 Å². The number of rotatable bonds is 5. The van der Waals surface area contributed by atoms with Crippen molar-refractivity contribution in [1.29, 1.82) is 0 Å². The minimum Gasteiger partial charge on any atom is -0.321 e. The molecule has 1 aromatic carbocycles. The Morgan fingerprint density at radius 1 is 1.10 bits per heavy atom. The smallest absolute Gasteiger partial charge is 0.321 e. The fourth-order valence-electron chi connectivity index (χ4n) is 2.99. The molecule has 2 aromatic heterocycles. The summed E-state index contributed by atoms with van der Waals surface area (Å²) in [5.74, 6) is -2.43. The first-order valence-electron chi connectivity index (χ1n) is 9.27. The highest BCUT2D eigenvalue weighted by molar-refractivity contribution is 6.05. The first-order valence-corrected chi connectivity index (χ1v) is 9.27. The van der Waals surface area contributed by atoms with E-state index in [0.29, 0.717) is 17.3 Å². The molecule has 0 bridgehead atoms. The largest absolute Gasteiger partial charge is 0.454 e. The third kappa shape index (κ3) is 4.10. The van der Waals surface area contributed by atoms with Crippen molar-refractivity contribution in [3.05, 3.63) is 65.6 Å². The van der Waals surface area contributed by atoms with Crippen molar-refractivity contribution >= 4 is 17.4 Å². The Kier molecular flexibility index (Phi) is 4.89. The summed E-state index contributed by atoms with van der Waals surface area (Å²) in [6.45, 7) is 1.74. The molecule has 0 radical (unpaired) electrons. The van der Waals surface area contributed by atoms with Gasteiger partial charge in [0.25, 0.3) is 11.7 Å². The molecule has 1 fully saturated rings. The van der Waals surface area contributed by atoms with Crippen molar-refractivity contribution < 1.29 is 22.8 Å². The van der Waals surface area contributed by atoms with Crippen LogP contribution in [-0.2, 0) is 0 Å². The summed E-state index contributed by atoms with van der Waals surface area (Å²) in [6.07, 6.45) is 0.855. The van der Waals surface area contributed by atoms with Crippen LogP contribution in [0.15, 0.2) is 48.8 Å². The van der Waals surface area contributed by atoms with Gasteiger partial charge in [0.2, 0.25) is 0 Å². The van der Waals surface area contributed by atoms with E-state index < -0.39 is 23.4 Å². The lowest BCUT2D eigenvalue weighted by atomic mass is 10.1. The third-order valence-electron chi connectivity index (χ3n) is 4.79. The van der Waals surface area contributed by atoms with Gasteiger partial charge in [-0.3, -0.25) is 14.3 Å². The van der Waals surface area contributed by atoms with Gasteiger partial charge in [-0.25, -0.2) is 4.98 Å². The van der Waals surface area contributed by atoms with Crippen LogP contribution in [0.4, 0.5) is 18.9 Å². The van der Waals surface area contributed by atoms with Gasteiger partial charge in [-0.1, -0.05) is 6.07 Å². The number of hydrogen-bond donors (Lipinski definition) is 1. The lowest BCUT2D eigenvalue weighted by Crippen LogP contribution is -2.22. The van der Waals surface area contributed by atoms with Crippen LogP contribution in [0.25, 0.3) is 11.3 Å². The van der Waals surface area contributed by atoms with Crippen molar-refractivity contribution in [1.82, 2.24) is 14.8 Å². The highest BCUT2D eigenvalue weighted by atomic mass is 19.4. The van der Waals surface area contributed by atoms with Crippen LogP contribution in [0.2, 0.25) is 0 Å². The Bertz CT molecular complexity index is 1120.